The van der Waals surface area contributed by atoms with Gasteiger partial charge in [-0.3, -0.25) is 9.48 Å². The van der Waals surface area contributed by atoms with Gasteiger partial charge in [0.15, 0.2) is 5.69 Å². The zero-order chi connectivity index (χ0) is 20.1. The number of nitrogens with one attached hydrogen (secondary N) is 1. The highest BCUT2D eigenvalue weighted by Gasteiger charge is 2.31. The molecule has 0 saturated carbocycles. The van der Waals surface area contributed by atoms with Crippen molar-refractivity contribution in [1.29, 1.82) is 0 Å². The molecule has 0 radical (unpaired) electrons. The lowest BCUT2D eigenvalue weighted by Gasteiger charge is -2.29. The Labute approximate surface area is 169 Å². The van der Waals surface area contributed by atoms with Crippen LogP contribution in [0.15, 0.2) is 12.7 Å². The van der Waals surface area contributed by atoms with E-state index in [-0.39, 0.29) is 17.9 Å². The van der Waals surface area contributed by atoms with Gasteiger partial charge in [0.05, 0.1) is 6.54 Å². The molecule has 1 aliphatic carbocycles. The van der Waals surface area contributed by atoms with Crippen molar-refractivity contribution in [2.75, 3.05) is 26.2 Å². The van der Waals surface area contributed by atoms with Gasteiger partial charge >= 0.3 is 0 Å². The summed E-state index contributed by atoms with van der Waals surface area (Å²) >= 11 is 0. The van der Waals surface area contributed by atoms with Crippen LogP contribution in [0.4, 0.5) is 0 Å². The fourth-order valence-electron chi connectivity index (χ4n) is 4.21. The molecule has 1 fully saturated rings. The topological polar surface area (TPSA) is 70.4 Å². The Morgan fingerprint density at radius 2 is 2.04 bits per heavy atom. The number of rotatable bonds is 7. The van der Waals surface area contributed by atoms with Crippen LogP contribution in [0.3, 0.4) is 0 Å². The van der Waals surface area contributed by atoms with Crippen LogP contribution in [0.5, 0.6) is 0 Å². The highest BCUT2D eigenvalue weighted by molar-refractivity contribution is 5.94. The highest BCUT2D eigenvalue weighted by atomic mass is 16.3. The number of carbonyl (C=O) groups is 1. The number of hydrogen-bond acceptors (Lipinski definition) is 4. The lowest BCUT2D eigenvalue weighted by molar-refractivity contribution is 0.0753. The smallest absolute Gasteiger partial charge is 0.274 e. The van der Waals surface area contributed by atoms with E-state index in [4.69, 9.17) is 5.10 Å². The summed E-state index contributed by atoms with van der Waals surface area (Å²) in [5.41, 5.74) is 2.81. The number of likely N-dealkylation sites (tertiary alicyclic amines) is 1. The minimum absolute atomic E-state index is 0.0947. The summed E-state index contributed by atoms with van der Waals surface area (Å²) in [6.45, 7) is 11.2. The molecule has 0 bridgehead atoms. The Kier molecular flexibility index (Phi) is 6.94. The maximum atomic E-state index is 13.3. The van der Waals surface area contributed by atoms with Crippen LogP contribution < -0.4 is 5.32 Å². The van der Waals surface area contributed by atoms with Crippen LogP contribution in [0, 0.1) is 5.41 Å². The summed E-state index contributed by atoms with van der Waals surface area (Å²) in [6, 6.07) is 0.315. The molecule has 2 N–H and O–H groups in total. The molecular weight excluding hydrogens is 352 g/mol. The summed E-state index contributed by atoms with van der Waals surface area (Å²) in [4.78, 5) is 15.3. The van der Waals surface area contributed by atoms with Gasteiger partial charge in [-0.2, -0.15) is 5.10 Å². The van der Waals surface area contributed by atoms with E-state index in [0.29, 0.717) is 18.3 Å². The molecule has 1 saturated heterocycles. The number of aromatic nitrogens is 2. The van der Waals surface area contributed by atoms with Gasteiger partial charge in [0.25, 0.3) is 5.91 Å². The van der Waals surface area contributed by atoms with Crippen molar-refractivity contribution in [3.63, 3.8) is 0 Å². The Morgan fingerprint density at radius 3 is 2.68 bits per heavy atom. The molecule has 1 aromatic heterocycles. The summed E-state index contributed by atoms with van der Waals surface area (Å²) in [5, 5.41) is 17.9. The van der Waals surface area contributed by atoms with Crippen molar-refractivity contribution < 1.29 is 9.90 Å². The zero-order valence-corrected chi connectivity index (χ0v) is 17.5. The van der Waals surface area contributed by atoms with E-state index in [2.05, 4.69) is 25.7 Å². The van der Waals surface area contributed by atoms with Crippen LogP contribution in [0.2, 0.25) is 0 Å². The Balaban J connectivity index is 1.80. The standard InChI is InChI=1S/C22H36N4O2/c1-4-11-26-19-10-9-17(23-15-22(2,3)16-27)14-18(19)20(24-26)21(28)25-12-7-5-6-8-13-25/h4,17,23,27H,1,5-16H2,2-3H3/t17-/m1/s1. The van der Waals surface area contributed by atoms with E-state index in [0.717, 1.165) is 57.3 Å². The van der Waals surface area contributed by atoms with Gasteiger partial charge < -0.3 is 15.3 Å². The van der Waals surface area contributed by atoms with Gasteiger partial charge in [-0.25, -0.2) is 0 Å². The van der Waals surface area contributed by atoms with Crippen molar-refractivity contribution in [3.8, 4) is 0 Å². The number of aliphatic hydroxyl groups is 1. The highest BCUT2D eigenvalue weighted by Crippen LogP contribution is 2.27. The number of hydrogen-bond donors (Lipinski definition) is 2. The lowest BCUT2D eigenvalue weighted by Crippen LogP contribution is -2.42. The van der Waals surface area contributed by atoms with E-state index >= 15 is 0 Å². The Hall–Kier alpha value is -1.66. The molecule has 6 nitrogen and oxygen atoms in total. The van der Waals surface area contributed by atoms with Crippen LogP contribution in [0.1, 0.15) is 67.7 Å². The normalized spacial score (nSPS) is 20.5. The molecule has 2 heterocycles. The third-order valence-electron chi connectivity index (χ3n) is 6.04. The van der Waals surface area contributed by atoms with Crippen LogP contribution in [-0.2, 0) is 19.4 Å². The first-order chi connectivity index (χ1) is 13.4. The predicted octanol–water partition coefficient (Wildman–Crippen LogP) is 2.55. The molecule has 0 aromatic carbocycles. The number of amides is 1. The molecule has 28 heavy (non-hydrogen) atoms. The molecule has 3 rings (SSSR count). The monoisotopic (exact) mass is 388 g/mol. The van der Waals surface area contributed by atoms with Gasteiger partial charge in [0.1, 0.15) is 0 Å². The van der Waals surface area contributed by atoms with Crippen LogP contribution in [0.25, 0.3) is 0 Å². The van der Waals surface area contributed by atoms with Gasteiger partial charge in [-0.05, 0) is 32.1 Å². The number of fused-ring (bicyclic) bond motifs is 1. The van der Waals surface area contributed by atoms with E-state index in [1.807, 2.05) is 15.7 Å². The summed E-state index contributed by atoms with van der Waals surface area (Å²) < 4.78 is 1.97. The SMILES string of the molecule is C=CCn1nc(C(=O)N2CCCCCC2)c2c1CC[C@@H](NCC(C)(C)CO)C2. The van der Waals surface area contributed by atoms with Gasteiger partial charge in [0, 0.05) is 49.0 Å². The predicted molar refractivity (Wildman–Crippen MR) is 111 cm³/mol. The summed E-state index contributed by atoms with van der Waals surface area (Å²) in [7, 11) is 0. The lowest BCUT2D eigenvalue weighted by atomic mass is 9.89. The fourth-order valence-corrected chi connectivity index (χ4v) is 4.21. The molecule has 1 amide bonds. The van der Waals surface area contributed by atoms with Crippen LogP contribution >= 0.6 is 0 Å². The Bertz CT molecular complexity index is 687. The van der Waals surface area contributed by atoms with Crippen molar-refractivity contribution in [1.82, 2.24) is 20.0 Å². The minimum Gasteiger partial charge on any atom is -0.396 e. The van der Waals surface area contributed by atoms with Crippen molar-refractivity contribution >= 4 is 5.91 Å². The van der Waals surface area contributed by atoms with Gasteiger partial charge in [-0.1, -0.05) is 32.8 Å². The molecule has 6 heteroatoms. The fraction of sp³-hybridized carbons (Fsp3) is 0.727. The molecular formula is C22H36N4O2. The first-order valence-electron chi connectivity index (χ1n) is 10.8. The van der Waals surface area contributed by atoms with Crippen molar-refractivity contribution in [2.24, 2.45) is 5.41 Å². The molecule has 156 valence electrons. The van der Waals surface area contributed by atoms with Crippen molar-refractivity contribution in [3.05, 3.63) is 29.6 Å². The minimum atomic E-state index is -0.141. The van der Waals surface area contributed by atoms with Gasteiger partial charge in [-0.15, -0.1) is 6.58 Å². The van der Waals surface area contributed by atoms with E-state index in [1.165, 1.54) is 18.5 Å². The maximum absolute atomic E-state index is 13.3. The second kappa shape index (κ2) is 9.23. The second-order valence-electron chi connectivity index (χ2n) is 9.09. The maximum Gasteiger partial charge on any atom is 0.274 e. The summed E-state index contributed by atoms with van der Waals surface area (Å²) in [5.74, 6) is 0.0947. The zero-order valence-electron chi connectivity index (χ0n) is 17.5. The summed E-state index contributed by atoms with van der Waals surface area (Å²) in [6.07, 6.45) is 9.20. The Morgan fingerprint density at radius 1 is 1.32 bits per heavy atom. The first-order valence-corrected chi connectivity index (χ1v) is 10.8. The molecule has 1 atom stereocenters. The van der Waals surface area contributed by atoms with Crippen molar-refractivity contribution in [2.45, 2.75) is 71.4 Å². The number of nitrogens with zero attached hydrogens (tertiary/aromatic N) is 3. The van der Waals surface area contributed by atoms with E-state index in [9.17, 15) is 9.90 Å². The van der Waals surface area contributed by atoms with E-state index < -0.39 is 0 Å². The number of allylic oxidation sites excluding steroid dienone is 1. The van der Waals surface area contributed by atoms with Crippen LogP contribution in [-0.4, -0.2) is 58.0 Å². The third-order valence-corrected chi connectivity index (χ3v) is 6.04. The molecule has 0 spiro atoms. The van der Waals surface area contributed by atoms with E-state index in [1.54, 1.807) is 0 Å². The third kappa shape index (κ3) is 4.84. The number of aliphatic hydroxyl groups excluding tert-OH is 1. The molecule has 1 aromatic rings. The van der Waals surface area contributed by atoms with Gasteiger partial charge in [0.2, 0.25) is 0 Å². The number of carbonyl (C=O) groups excluding carboxylic acids is 1. The molecule has 1 aliphatic heterocycles. The average molecular weight is 389 g/mol. The first kappa shape index (κ1) is 21.1. The quantitative estimate of drug-likeness (QED) is 0.705. The molecule has 0 unspecified atom stereocenters. The average Bonchev–Trinajstić information content (AvgIpc) is 2.86. The molecule has 2 aliphatic rings. The largest absolute Gasteiger partial charge is 0.396 e. The second-order valence-corrected chi connectivity index (χ2v) is 9.09.